The number of hydrogen-bond acceptors (Lipinski definition) is 8. The number of aliphatic carboxylic acids is 2. The summed E-state index contributed by atoms with van der Waals surface area (Å²) in [5.74, 6) is -1.95. The van der Waals surface area contributed by atoms with Crippen LogP contribution in [-0.4, -0.2) is 87.6 Å². The molecule has 14 nitrogen and oxygen atoms in total. The Morgan fingerprint density at radius 3 is 2.44 bits per heavy atom. The van der Waals surface area contributed by atoms with E-state index in [1.165, 1.54) is 11.3 Å². The van der Waals surface area contributed by atoms with Crippen LogP contribution in [0.1, 0.15) is 18.5 Å². The van der Waals surface area contributed by atoms with Crippen LogP contribution in [-0.2, 0) is 30.8 Å². The molecule has 192 valence electrons. The zero-order valence-electron chi connectivity index (χ0n) is 19.1. The Morgan fingerprint density at radius 2 is 1.91 bits per heavy atom. The van der Waals surface area contributed by atoms with Crippen molar-refractivity contribution in [3.8, 4) is 0 Å². The predicted octanol–water partition coefficient (Wildman–Crippen LogP) is -0.325. The van der Waals surface area contributed by atoms with E-state index in [2.05, 4.69) is 30.3 Å². The Hall–Kier alpha value is -3.24. The quantitative estimate of drug-likeness (QED) is 0.0902. The third-order valence-electron chi connectivity index (χ3n) is 3.38. The number of aliphatic imine (C=N–C) groups is 1. The van der Waals surface area contributed by atoms with Gasteiger partial charge in [-0.05, 0) is 19.3 Å². The Morgan fingerprint density at radius 1 is 1.26 bits per heavy atom. The lowest BCUT2D eigenvalue weighted by molar-refractivity contribution is -0.134. The van der Waals surface area contributed by atoms with E-state index in [1.54, 1.807) is 14.2 Å². The number of rotatable bonds is 12. The molecule has 0 unspecified atom stereocenters. The fourth-order valence-electron chi connectivity index (χ4n) is 2.00. The van der Waals surface area contributed by atoms with Crippen molar-refractivity contribution in [2.75, 3.05) is 45.4 Å². The molecule has 0 aliphatic carbocycles. The molecule has 0 aromatic carbocycles. The second kappa shape index (κ2) is 17.3. The molecular weight excluding hydrogens is 490 g/mol. The highest BCUT2D eigenvalue weighted by molar-refractivity contribution is 7.89. The molecule has 1 aromatic rings. The molecule has 0 saturated heterocycles. The highest BCUT2D eigenvalue weighted by Crippen LogP contribution is 2.16. The van der Waals surface area contributed by atoms with E-state index >= 15 is 0 Å². The van der Waals surface area contributed by atoms with Gasteiger partial charge in [-0.3, -0.25) is 4.99 Å². The minimum Gasteiger partial charge on any atom is -0.478 e. The smallest absolute Gasteiger partial charge is 0.328 e. The summed E-state index contributed by atoms with van der Waals surface area (Å²) in [4.78, 5) is 27.7. The molecule has 0 atom stereocenters. The molecule has 7 N–H and O–H groups in total. The van der Waals surface area contributed by atoms with Gasteiger partial charge in [0, 0.05) is 38.2 Å². The Bertz CT molecular complexity index is 944. The first kappa shape index (κ1) is 30.8. The van der Waals surface area contributed by atoms with E-state index in [1.807, 2.05) is 5.38 Å². The summed E-state index contributed by atoms with van der Waals surface area (Å²) in [5.41, 5.74) is 6.74. The first-order chi connectivity index (χ1) is 16.0. The first-order valence-corrected chi connectivity index (χ1v) is 12.6. The van der Waals surface area contributed by atoms with Gasteiger partial charge in [-0.25, -0.2) is 23.0 Å². The number of nitrogens with one attached hydrogen (secondary N) is 3. The minimum atomic E-state index is -3.42. The number of anilines is 1. The maximum Gasteiger partial charge on any atom is 0.328 e. The monoisotopic (exact) mass is 521 g/mol. The van der Waals surface area contributed by atoms with Gasteiger partial charge in [-0.15, -0.1) is 15.7 Å². The zero-order valence-corrected chi connectivity index (χ0v) is 20.8. The Kier molecular flexibility index (Phi) is 15.6. The summed E-state index contributed by atoms with van der Waals surface area (Å²) in [6.45, 7) is 1.63. The van der Waals surface area contributed by atoms with E-state index in [0.717, 1.165) is 31.2 Å². The second-order valence-corrected chi connectivity index (χ2v) is 8.85. The van der Waals surface area contributed by atoms with E-state index in [0.29, 0.717) is 42.9 Å². The molecule has 0 aliphatic heterocycles. The number of methoxy groups -OCH3 is 1. The van der Waals surface area contributed by atoms with Crippen LogP contribution in [0.2, 0.25) is 0 Å². The number of nitrogens with zero attached hydrogens (tertiary/aromatic N) is 3. The van der Waals surface area contributed by atoms with Crippen molar-refractivity contribution in [1.29, 1.82) is 0 Å². The molecule has 0 fully saturated rings. The van der Waals surface area contributed by atoms with Crippen LogP contribution >= 0.6 is 11.3 Å². The molecule has 1 heterocycles. The predicted molar refractivity (Wildman–Crippen MR) is 131 cm³/mol. The van der Waals surface area contributed by atoms with Crippen LogP contribution < -0.4 is 21.7 Å². The number of aryl methyl sites for hydroxylation is 1. The highest BCUT2D eigenvalue weighted by atomic mass is 32.2. The van der Waals surface area contributed by atoms with Crippen LogP contribution in [0, 0.1) is 0 Å². The van der Waals surface area contributed by atoms with Crippen molar-refractivity contribution in [3.63, 3.8) is 0 Å². The largest absolute Gasteiger partial charge is 0.478 e. The van der Waals surface area contributed by atoms with Gasteiger partial charge < -0.3 is 36.6 Å². The molecule has 0 aliphatic rings. The molecule has 16 heteroatoms. The van der Waals surface area contributed by atoms with E-state index < -0.39 is 22.0 Å². The Labute approximate surface area is 202 Å². The van der Waals surface area contributed by atoms with Crippen molar-refractivity contribution in [2.45, 2.75) is 19.3 Å². The second-order valence-electron chi connectivity index (χ2n) is 6.35. The molecule has 0 radical (unpaired) electrons. The number of unbranched alkanes of at least 4 members (excludes halogenated alkanes) is 1. The van der Waals surface area contributed by atoms with Crippen LogP contribution in [0.15, 0.2) is 26.9 Å². The van der Waals surface area contributed by atoms with E-state index in [-0.39, 0.29) is 5.96 Å². The van der Waals surface area contributed by atoms with Crippen LogP contribution in [0.25, 0.3) is 0 Å². The molecule has 34 heavy (non-hydrogen) atoms. The fraction of sp³-hybridized carbons (Fsp3) is 0.500. The van der Waals surface area contributed by atoms with Crippen molar-refractivity contribution in [3.05, 3.63) is 23.2 Å². The number of nitrogens with two attached hydrogens (primary N) is 1. The van der Waals surface area contributed by atoms with Gasteiger partial charge in [0.1, 0.15) is 0 Å². The van der Waals surface area contributed by atoms with Gasteiger partial charge in [0.25, 0.3) is 10.0 Å². The van der Waals surface area contributed by atoms with Crippen molar-refractivity contribution in [2.24, 2.45) is 15.1 Å². The lowest BCUT2D eigenvalue weighted by atomic mass is 10.2. The maximum absolute atomic E-state index is 11.1. The summed E-state index contributed by atoms with van der Waals surface area (Å²) in [6, 6.07) is 0. The number of carbonyl (C=O) groups is 2. The number of guanidine groups is 2. The standard InChI is InChI=1S/C14H27N7O3S2.C4H4O4/c1-16-13(21-26(3,22)23)18-7-5-4-6-11-10-25-14(19-11)20-12(15)17-8-9-24-2;5-3(6)1-2-4(7)8/h10H,4-9H2,1-3H3,(H2,16,18,21)(H3,15,17,19,20);1-2H,(H,5,6)(H,7,8). The Balaban J connectivity index is 0.00000116. The average Bonchev–Trinajstić information content (AvgIpc) is 3.18. The van der Waals surface area contributed by atoms with Gasteiger partial charge in [-0.2, -0.15) is 0 Å². The van der Waals surface area contributed by atoms with Crippen molar-refractivity contribution < 1.29 is 33.0 Å². The normalized spacial score (nSPS) is 12.1. The van der Waals surface area contributed by atoms with Gasteiger partial charge in [0.15, 0.2) is 11.1 Å². The van der Waals surface area contributed by atoms with Crippen molar-refractivity contribution in [1.82, 2.24) is 15.6 Å². The SMILES string of the molecule is CNC(=NS(C)(=O)=O)NCCCCc1csc(NC(N)=NCCOC)n1.O=C(O)C=CC(=O)O. The number of ether oxygens (including phenoxy) is 1. The number of carboxylic acid groups (broad SMARTS) is 2. The summed E-state index contributed by atoms with van der Waals surface area (Å²) in [5, 5.41) is 26.9. The average molecular weight is 522 g/mol. The maximum atomic E-state index is 11.1. The van der Waals surface area contributed by atoms with Gasteiger partial charge >= 0.3 is 11.9 Å². The van der Waals surface area contributed by atoms with Gasteiger partial charge in [0.05, 0.1) is 25.1 Å². The molecule has 0 amide bonds. The number of hydrogen-bond donors (Lipinski definition) is 6. The number of thiazole rings is 1. The lowest BCUT2D eigenvalue weighted by Gasteiger charge is -2.07. The third kappa shape index (κ3) is 18.3. The molecule has 1 rings (SSSR count). The van der Waals surface area contributed by atoms with Crippen molar-refractivity contribution >= 4 is 50.3 Å². The number of sulfonamides is 1. The van der Waals surface area contributed by atoms with Crippen LogP contribution in [0.5, 0.6) is 0 Å². The zero-order chi connectivity index (χ0) is 26.0. The fourth-order valence-corrected chi connectivity index (χ4v) is 3.24. The van der Waals surface area contributed by atoms with Crippen LogP contribution in [0.4, 0.5) is 5.13 Å². The number of carboxylic acids is 2. The molecule has 0 spiro atoms. The highest BCUT2D eigenvalue weighted by Gasteiger charge is 2.04. The van der Waals surface area contributed by atoms with E-state index in [4.69, 9.17) is 20.7 Å². The summed E-state index contributed by atoms with van der Waals surface area (Å²) < 4.78 is 30.7. The molecular formula is C18H31N7O7S2. The van der Waals surface area contributed by atoms with Gasteiger partial charge in [0.2, 0.25) is 5.96 Å². The summed E-state index contributed by atoms with van der Waals surface area (Å²) in [7, 11) is -0.188. The first-order valence-electron chi connectivity index (χ1n) is 9.82. The third-order valence-corrected chi connectivity index (χ3v) is 4.70. The minimum absolute atomic E-state index is 0.246. The summed E-state index contributed by atoms with van der Waals surface area (Å²) in [6.07, 6.45) is 4.74. The topological polar surface area (TPSA) is 218 Å². The number of aromatic nitrogens is 1. The molecule has 0 bridgehead atoms. The van der Waals surface area contributed by atoms with Crippen LogP contribution in [0.3, 0.4) is 0 Å². The molecule has 0 saturated carbocycles. The van der Waals surface area contributed by atoms with Gasteiger partial charge in [-0.1, -0.05) is 0 Å². The summed E-state index contributed by atoms with van der Waals surface area (Å²) >= 11 is 1.47. The van der Waals surface area contributed by atoms with E-state index in [9.17, 15) is 18.0 Å². The molecule has 1 aromatic heterocycles. The lowest BCUT2D eigenvalue weighted by Crippen LogP contribution is -2.36.